The van der Waals surface area contributed by atoms with E-state index in [0.717, 1.165) is 17.4 Å². The van der Waals surface area contributed by atoms with E-state index in [1.165, 1.54) is 24.1 Å². The van der Waals surface area contributed by atoms with Crippen LogP contribution in [-0.2, 0) is 12.8 Å². The molecule has 2 rings (SSSR count). The number of halogens is 1. The molecule has 0 unspecified atom stereocenters. The number of hydrogen-bond acceptors (Lipinski definition) is 2. The molecule has 1 aromatic heterocycles. The summed E-state index contributed by atoms with van der Waals surface area (Å²) >= 11 is 3.43. The van der Waals surface area contributed by atoms with Crippen molar-refractivity contribution in [2.24, 2.45) is 0 Å². The molecular formula is C8H9BrN2. The van der Waals surface area contributed by atoms with Crippen molar-refractivity contribution in [2.45, 2.75) is 25.7 Å². The third kappa shape index (κ3) is 1.29. The lowest BCUT2D eigenvalue weighted by molar-refractivity contribution is 0.658. The second-order valence-corrected chi connectivity index (χ2v) is 3.55. The number of hydrogen-bond donors (Lipinski definition) is 0. The molecule has 1 aliphatic rings. The summed E-state index contributed by atoms with van der Waals surface area (Å²) in [4.78, 5) is 8.34. The van der Waals surface area contributed by atoms with Crippen LogP contribution in [0.5, 0.6) is 0 Å². The van der Waals surface area contributed by atoms with E-state index in [9.17, 15) is 0 Å². The predicted octanol–water partition coefficient (Wildman–Crippen LogP) is 2.12. The van der Waals surface area contributed by atoms with Crippen LogP contribution in [0.15, 0.2) is 10.9 Å². The lowest BCUT2D eigenvalue weighted by Gasteiger charge is -2.14. The molecule has 0 amide bonds. The second-order valence-electron chi connectivity index (χ2n) is 2.80. The molecular weight excluding hydrogens is 204 g/mol. The average Bonchev–Trinajstić information content (AvgIpc) is 2.06. The minimum absolute atomic E-state index is 0.988. The summed E-state index contributed by atoms with van der Waals surface area (Å²) in [5.41, 5.74) is 2.55. The summed E-state index contributed by atoms with van der Waals surface area (Å²) in [6, 6.07) is 0. The summed E-state index contributed by atoms with van der Waals surface area (Å²) in [5.74, 6) is 0. The van der Waals surface area contributed by atoms with E-state index >= 15 is 0 Å². The molecule has 0 saturated carbocycles. The SMILES string of the molecule is Brc1ncnc2c1CCCC2. The van der Waals surface area contributed by atoms with Gasteiger partial charge >= 0.3 is 0 Å². The van der Waals surface area contributed by atoms with Crippen LogP contribution >= 0.6 is 15.9 Å². The number of rotatable bonds is 0. The molecule has 0 N–H and O–H groups in total. The largest absolute Gasteiger partial charge is 0.241 e. The predicted molar refractivity (Wildman–Crippen MR) is 46.4 cm³/mol. The monoisotopic (exact) mass is 212 g/mol. The fraction of sp³-hybridized carbons (Fsp3) is 0.500. The van der Waals surface area contributed by atoms with Gasteiger partial charge in [0, 0.05) is 11.3 Å². The Balaban J connectivity index is 2.49. The quantitative estimate of drug-likeness (QED) is 0.617. The van der Waals surface area contributed by atoms with Crippen LogP contribution in [0.25, 0.3) is 0 Å². The van der Waals surface area contributed by atoms with Gasteiger partial charge in [-0.2, -0.15) is 0 Å². The first-order valence-electron chi connectivity index (χ1n) is 3.86. The van der Waals surface area contributed by atoms with E-state index in [2.05, 4.69) is 25.9 Å². The van der Waals surface area contributed by atoms with Gasteiger partial charge in [-0.15, -0.1) is 0 Å². The molecule has 0 aliphatic heterocycles. The number of fused-ring (bicyclic) bond motifs is 1. The second kappa shape index (κ2) is 2.89. The summed E-state index contributed by atoms with van der Waals surface area (Å²) in [5, 5.41) is 0. The van der Waals surface area contributed by atoms with E-state index < -0.39 is 0 Å². The molecule has 1 aromatic rings. The lowest BCUT2D eigenvalue weighted by atomic mass is 9.98. The number of nitrogens with zero attached hydrogens (tertiary/aromatic N) is 2. The molecule has 0 saturated heterocycles. The Bertz CT molecular complexity index is 273. The van der Waals surface area contributed by atoms with Crippen LogP contribution in [0.1, 0.15) is 24.1 Å². The highest BCUT2D eigenvalue weighted by Crippen LogP contribution is 2.23. The summed E-state index contributed by atoms with van der Waals surface area (Å²) in [7, 11) is 0. The van der Waals surface area contributed by atoms with E-state index in [0.29, 0.717) is 0 Å². The van der Waals surface area contributed by atoms with Crippen LogP contribution in [0.2, 0.25) is 0 Å². The van der Waals surface area contributed by atoms with Gasteiger partial charge in [-0.05, 0) is 41.6 Å². The highest BCUT2D eigenvalue weighted by molar-refractivity contribution is 9.10. The standard InChI is InChI=1S/C8H9BrN2/c9-8-6-3-1-2-4-7(6)10-5-11-8/h5H,1-4H2. The van der Waals surface area contributed by atoms with Gasteiger partial charge in [0.05, 0.1) is 0 Å². The van der Waals surface area contributed by atoms with Gasteiger partial charge < -0.3 is 0 Å². The van der Waals surface area contributed by atoms with Gasteiger partial charge in [0.25, 0.3) is 0 Å². The molecule has 0 aromatic carbocycles. The third-order valence-corrected chi connectivity index (χ3v) is 2.76. The Morgan fingerprint density at radius 1 is 1.18 bits per heavy atom. The van der Waals surface area contributed by atoms with Crippen LogP contribution in [0.4, 0.5) is 0 Å². The first kappa shape index (κ1) is 7.22. The first-order chi connectivity index (χ1) is 5.38. The van der Waals surface area contributed by atoms with Gasteiger partial charge in [-0.3, -0.25) is 0 Å². The molecule has 0 atom stereocenters. The highest BCUT2D eigenvalue weighted by Gasteiger charge is 2.12. The van der Waals surface area contributed by atoms with Gasteiger partial charge in [0.1, 0.15) is 10.9 Å². The Hall–Kier alpha value is -0.440. The maximum atomic E-state index is 4.24. The molecule has 2 nitrogen and oxygen atoms in total. The van der Waals surface area contributed by atoms with Gasteiger partial charge in [0.2, 0.25) is 0 Å². The van der Waals surface area contributed by atoms with Crippen molar-refractivity contribution < 1.29 is 0 Å². The zero-order valence-corrected chi connectivity index (χ0v) is 7.76. The van der Waals surface area contributed by atoms with Crippen molar-refractivity contribution in [3.8, 4) is 0 Å². The van der Waals surface area contributed by atoms with Crippen molar-refractivity contribution in [2.75, 3.05) is 0 Å². The highest BCUT2D eigenvalue weighted by atomic mass is 79.9. The van der Waals surface area contributed by atoms with E-state index in [1.807, 2.05) is 0 Å². The summed E-state index contributed by atoms with van der Waals surface area (Å²) in [6.45, 7) is 0. The summed E-state index contributed by atoms with van der Waals surface area (Å²) < 4.78 is 0.988. The van der Waals surface area contributed by atoms with Gasteiger partial charge in [-0.25, -0.2) is 9.97 Å². The van der Waals surface area contributed by atoms with Crippen LogP contribution in [-0.4, -0.2) is 9.97 Å². The van der Waals surface area contributed by atoms with Crippen LogP contribution in [0, 0.1) is 0 Å². The molecule has 0 radical (unpaired) electrons. The number of aryl methyl sites for hydroxylation is 1. The van der Waals surface area contributed by atoms with E-state index in [1.54, 1.807) is 6.33 Å². The normalized spacial score (nSPS) is 16.1. The van der Waals surface area contributed by atoms with Gasteiger partial charge in [-0.1, -0.05) is 0 Å². The Morgan fingerprint density at radius 3 is 2.82 bits per heavy atom. The van der Waals surface area contributed by atoms with Crippen molar-refractivity contribution >= 4 is 15.9 Å². The Kier molecular flexibility index (Phi) is 1.90. The number of aromatic nitrogens is 2. The first-order valence-corrected chi connectivity index (χ1v) is 4.65. The third-order valence-electron chi connectivity index (χ3n) is 2.07. The average molecular weight is 213 g/mol. The van der Waals surface area contributed by atoms with Crippen molar-refractivity contribution in [3.63, 3.8) is 0 Å². The molecule has 1 aliphatic carbocycles. The maximum absolute atomic E-state index is 4.24. The molecule has 0 fully saturated rings. The fourth-order valence-electron chi connectivity index (χ4n) is 1.48. The topological polar surface area (TPSA) is 25.8 Å². The summed E-state index contributed by atoms with van der Waals surface area (Å²) in [6.07, 6.45) is 6.44. The van der Waals surface area contributed by atoms with Crippen LogP contribution < -0.4 is 0 Å². The van der Waals surface area contributed by atoms with E-state index in [-0.39, 0.29) is 0 Å². The zero-order chi connectivity index (χ0) is 7.68. The van der Waals surface area contributed by atoms with Crippen molar-refractivity contribution in [1.29, 1.82) is 0 Å². The molecule has 11 heavy (non-hydrogen) atoms. The Labute approximate surface area is 74.2 Å². The molecule has 58 valence electrons. The molecule has 3 heteroatoms. The van der Waals surface area contributed by atoms with Crippen molar-refractivity contribution in [1.82, 2.24) is 9.97 Å². The zero-order valence-electron chi connectivity index (χ0n) is 6.18. The minimum atomic E-state index is 0.988. The minimum Gasteiger partial charge on any atom is -0.241 e. The van der Waals surface area contributed by atoms with E-state index in [4.69, 9.17) is 0 Å². The van der Waals surface area contributed by atoms with Gasteiger partial charge in [0.15, 0.2) is 0 Å². The Morgan fingerprint density at radius 2 is 2.00 bits per heavy atom. The molecule has 0 bridgehead atoms. The fourth-order valence-corrected chi connectivity index (χ4v) is 2.00. The lowest BCUT2D eigenvalue weighted by Crippen LogP contribution is -2.06. The molecule has 0 spiro atoms. The smallest absolute Gasteiger partial charge is 0.116 e. The maximum Gasteiger partial charge on any atom is 0.116 e. The van der Waals surface area contributed by atoms with Crippen LogP contribution in [0.3, 0.4) is 0 Å². The molecule has 1 heterocycles. The van der Waals surface area contributed by atoms with Crippen molar-refractivity contribution in [3.05, 3.63) is 22.2 Å².